The number of amidine groups is 1. The quantitative estimate of drug-likeness (QED) is 0.455. The smallest absolute Gasteiger partial charge is 0.260 e. The van der Waals surface area contributed by atoms with Crippen LogP contribution in [0.3, 0.4) is 0 Å². The Bertz CT molecular complexity index is 1570. The van der Waals surface area contributed by atoms with Crippen LogP contribution in [0.25, 0.3) is 22.9 Å². The van der Waals surface area contributed by atoms with E-state index in [1.807, 2.05) is 34.7 Å². The summed E-state index contributed by atoms with van der Waals surface area (Å²) in [6.07, 6.45) is 7.91. The fourth-order valence-electron chi connectivity index (χ4n) is 5.54. The van der Waals surface area contributed by atoms with Gasteiger partial charge in [0.05, 0.1) is 30.9 Å². The standard InChI is InChI=1S/C27H24FN5O4/c1-17-10-32(15-29-17)22-7-2-18(23-24(22)36-16-30-23)8-19-9-26(13-35-14-26)11-33-25(19)31-37-27(33,12-34)20-3-5-21(28)6-4-20/h2-8,10,15-16,34H,9,11-14H2,1H3/b19-8+. The largest absolute Gasteiger partial charge is 0.441 e. The molecule has 1 atom stereocenters. The van der Waals surface area contributed by atoms with Crippen molar-refractivity contribution in [1.29, 1.82) is 0 Å². The molecule has 1 unspecified atom stereocenters. The number of benzene rings is 2. The van der Waals surface area contributed by atoms with Crippen molar-refractivity contribution >= 4 is 23.0 Å². The number of piperidine rings is 1. The molecule has 9 nitrogen and oxygen atoms in total. The van der Waals surface area contributed by atoms with Gasteiger partial charge in [-0.05, 0) is 55.3 Å². The number of hydrogen-bond acceptors (Lipinski definition) is 8. The molecule has 1 N–H and O–H groups in total. The Morgan fingerprint density at radius 1 is 1.14 bits per heavy atom. The lowest BCUT2D eigenvalue weighted by molar-refractivity contribution is -0.178. The molecule has 5 heterocycles. The maximum Gasteiger partial charge on any atom is 0.260 e. The van der Waals surface area contributed by atoms with Crippen LogP contribution in [0.15, 0.2) is 70.5 Å². The molecule has 37 heavy (non-hydrogen) atoms. The average Bonchev–Trinajstić information content (AvgIpc) is 3.63. The number of aliphatic hydroxyl groups is 1. The fourth-order valence-corrected chi connectivity index (χ4v) is 5.54. The molecule has 1 spiro atoms. The molecule has 0 saturated carbocycles. The highest BCUT2D eigenvalue weighted by Gasteiger charge is 2.56. The third kappa shape index (κ3) is 3.32. The van der Waals surface area contributed by atoms with Crippen LogP contribution in [-0.2, 0) is 15.3 Å². The molecule has 188 valence electrons. The van der Waals surface area contributed by atoms with Gasteiger partial charge in [0.15, 0.2) is 17.8 Å². The van der Waals surface area contributed by atoms with Crippen LogP contribution in [-0.4, -0.2) is 56.7 Å². The number of fused-ring (bicyclic) bond motifs is 2. The summed E-state index contributed by atoms with van der Waals surface area (Å²) in [5, 5.41) is 15.0. The molecule has 2 fully saturated rings. The number of aliphatic hydroxyl groups excluding tert-OH is 1. The Morgan fingerprint density at radius 3 is 2.68 bits per heavy atom. The van der Waals surface area contributed by atoms with Gasteiger partial charge >= 0.3 is 0 Å². The maximum atomic E-state index is 13.7. The van der Waals surface area contributed by atoms with E-state index in [1.165, 1.54) is 18.5 Å². The average molecular weight is 502 g/mol. The summed E-state index contributed by atoms with van der Waals surface area (Å²) in [4.78, 5) is 16.8. The summed E-state index contributed by atoms with van der Waals surface area (Å²) < 4.78 is 27.0. The molecule has 0 aliphatic carbocycles. The lowest BCUT2D eigenvalue weighted by Gasteiger charge is -2.51. The zero-order valence-corrected chi connectivity index (χ0v) is 20.1. The predicted molar refractivity (Wildman–Crippen MR) is 132 cm³/mol. The van der Waals surface area contributed by atoms with Crippen LogP contribution in [0.4, 0.5) is 4.39 Å². The van der Waals surface area contributed by atoms with Crippen LogP contribution in [0, 0.1) is 18.2 Å². The number of rotatable bonds is 4. The highest BCUT2D eigenvalue weighted by atomic mass is 19.1. The summed E-state index contributed by atoms with van der Waals surface area (Å²) in [5.74, 6) is 0.284. The minimum absolute atomic E-state index is 0.143. The second-order valence-electron chi connectivity index (χ2n) is 10.0. The first-order valence-corrected chi connectivity index (χ1v) is 12.1. The summed E-state index contributed by atoms with van der Waals surface area (Å²) in [6.45, 7) is 3.38. The molecule has 2 saturated heterocycles. The van der Waals surface area contributed by atoms with Gasteiger partial charge in [-0.15, -0.1) is 0 Å². The number of nitrogens with zero attached hydrogens (tertiary/aromatic N) is 5. The van der Waals surface area contributed by atoms with Crippen LogP contribution < -0.4 is 0 Å². The van der Waals surface area contributed by atoms with Gasteiger partial charge in [0.25, 0.3) is 5.72 Å². The normalized spacial score (nSPS) is 23.3. The predicted octanol–water partition coefficient (Wildman–Crippen LogP) is 3.76. The maximum absolute atomic E-state index is 13.7. The molecular formula is C27H24FN5O4. The number of oxazole rings is 1. The summed E-state index contributed by atoms with van der Waals surface area (Å²) in [6, 6.07) is 9.96. The molecule has 3 aliphatic heterocycles. The van der Waals surface area contributed by atoms with Gasteiger partial charge in [0, 0.05) is 29.3 Å². The molecule has 2 aromatic carbocycles. The SMILES string of the molecule is Cc1cn(-c2ccc(/C=C3\CC4(COC4)CN4C3=NOC4(CO)c3ccc(F)cc3)c3ncoc23)cn1. The number of aryl methyl sites for hydroxylation is 1. The first-order chi connectivity index (χ1) is 18.0. The Morgan fingerprint density at radius 2 is 1.97 bits per heavy atom. The van der Waals surface area contributed by atoms with E-state index >= 15 is 0 Å². The molecule has 0 amide bonds. The summed E-state index contributed by atoms with van der Waals surface area (Å²) >= 11 is 0. The lowest BCUT2D eigenvalue weighted by Crippen LogP contribution is -2.61. The van der Waals surface area contributed by atoms with Gasteiger partial charge in [-0.2, -0.15) is 0 Å². The van der Waals surface area contributed by atoms with Crippen LogP contribution in [0.2, 0.25) is 0 Å². The van der Waals surface area contributed by atoms with E-state index in [0.717, 1.165) is 34.5 Å². The molecule has 10 heteroatoms. The molecule has 0 bridgehead atoms. The second-order valence-corrected chi connectivity index (χ2v) is 10.0. The van der Waals surface area contributed by atoms with Crippen LogP contribution in [0.5, 0.6) is 0 Å². The molecule has 7 rings (SSSR count). The number of halogens is 1. The summed E-state index contributed by atoms with van der Waals surface area (Å²) in [5.41, 5.74) is 4.20. The third-order valence-corrected chi connectivity index (χ3v) is 7.46. The van der Waals surface area contributed by atoms with Crippen molar-refractivity contribution in [3.8, 4) is 5.69 Å². The number of oxime groups is 1. The minimum Gasteiger partial charge on any atom is -0.441 e. The molecular weight excluding hydrogens is 477 g/mol. The first kappa shape index (κ1) is 22.2. The Balaban J connectivity index is 1.32. The van der Waals surface area contributed by atoms with Crippen molar-refractivity contribution < 1.29 is 23.5 Å². The van der Waals surface area contributed by atoms with Crippen molar-refractivity contribution in [2.45, 2.75) is 19.1 Å². The van der Waals surface area contributed by atoms with Gasteiger partial charge in [-0.1, -0.05) is 11.2 Å². The van der Waals surface area contributed by atoms with E-state index in [-0.39, 0.29) is 17.8 Å². The van der Waals surface area contributed by atoms with Crippen molar-refractivity contribution in [2.75, 3.05) is 26.4 Å². The number of imidazole rings is 1. The van der Waals surface area contributed by atoms with Gasteiger partial charge in [0.2, 0.25) is 0 Å². The van der Waals surface area contributed by atoms with Crippen LogP contribution in [0.1, 0.15) is 23.2 Å². The van der Waals surface area contributed by atoms with Gasteiger partial charge in [0.1, 0.15) is 17.9 Å². The number of hydrogen-bond donors (Lipinski definition) is 1. The van der Waals surface area contributed by atoms with E-state index in [1.54, 1.807) is 18.5 Å². The first-order valence-electron chi connectivity index (χ1n) is 12.1. The summed E-state index contributed by atoms with van der Waals surface area (Å²) in [7, 11) is 0. The van der Waals surface area contributed by atoms with Crippen molar-refractivity contribution in [3.63, 3.8) is 0 Å². The monoisotopic (exact) mass is 501 g/mol. The zero-order chi connectivity index (χ0) is 25.2. The van der Waals surface area contributed by atoms with E-state index in [0.29, 0.717) is 36.7 Å². The topological polar surface area (TPSA) is 98.1 Å². The van der Waals surface area contributed by atoms with Crippen LogP contribution >= 0.6 is 0 Å². The van der Waals surface area contributed by atoms with Crippen molar-refractivity contribution in [2.24, 2.45) is 10.6 Å². The fraction of sp³-hybridized carbons (Fsp3) is 0.296. The van der Waals surface area contributed by atoms with Gasteiger partial charge in [-0.3, -0.25) is 0 Å². The molecule has 0 radical (unpaired) electrons. The Kier molecular flexibility index (Phi) is 4.79. The zero-order valence-electron chi connectivity index (χ0n) is 20.1. The molecule has 4 aromatic rings. The highest BCUT2D eigenvalue weighted by molar-refractivity contribution is 6.05. The molecule has 3 aliphatic rings. The van der Waals surface area contributed by atoms with E-state index in [4.69, 9.17) is 14.0 Å². The second kappa shape index (κ2) is 7.99. The molecule has 2 aromatic heterocycles. The highest BCUT2D eigenvalue weighted by Crippen LogP contribution is 2.48. The minimum atomic E-state index is -1.24. The Labute approximate surface area is 211 Å². The number of ether oxygens (including phenoxy) is 1. The van der Waals surface area contributed by atoms with Gasteiger partial charge < -0.3 is 28.6 Å². The number of aromatic nitrogens is 3. The van der Waals surface area contributed by atoms with E-state index in [2.05, 4.69) is 21.2 Å². The Hall–Kier alpha value is -4.02. The van der Waals surface area contributed by atoms with Crippen molar-refractivity contribution in [3.05, 3.63) is 83.5 Å². The van der Waals surface area contributed by atoms with E-state index < -0.39 is 5.72 Å². The van der Waals surface area contributed by atoms with Crippen molar-refractivity contribution in [1.82, 2.24) is 19.4 Å². The third-order valence-electron chi connectivity index (χ3n) is 7.46. The van der Waals surface area contributed by atoms with E-state index in [9.17, 15) is 9.50 Å². The van der Waals surface area contributed by atoms with Gasteiger partial charge in [-0.25, -0.2) is 14.4 Å². The lowest BCUT2D eigenvalue weighted by atomic mass is 9.74.